The number of rotatable bonds is 5. The van der Waals surface area contributed by atoms with Crippen molar-refractivity contribution in [3.8, 4) is 0 Å². The van der Waals surface area contributed by atoms with Crippen molar-refractivity contribution in [1.29, 1.82) is 0 Å². The molecule has 9 heteroatoms. The molecule has 0 bridgehead atoms. The van der Waals surface area contributed by atoms with Crippen LogP contribution in [0.15, 0.2) is 52.3 Å². The van der Waals surface area contributed by atoms with Gasteiger partial charge in [-0.25, -0.2) is 12.7 Å². The van der Waals surface area contributed by atoms with Crippen LogP contribution in [-0.2, 0) is 26.2 Å². The number of nitrogens with zero attached hydrogens (tertiary/aromatic N) is 1. The van der Waals surface area contributed by atoms with Gasteiger partial charge in [-0.1, -0.05) is 12.1 Å². The smallest absolute Gasteiger partial charge is 0.307 e. The Kier molecular flexibility index (Phi) is 4.41. The predicted molar refractivity (Wildman–Crippen MR) is 86.1 cm³/mol. The van der Waals surface area contributed by atoms with Crippen LogP contribution in [0.4, 0.5) is 0 Å². The number of benzene rings is 1. The maximum atomic E-state index is 12.3. The van der Waals surface area contributed by atoms with Crippen LogP contribution in [0.1, 0.15) is 22.3 Å². The van der Waals surface area contributed by atoms with Crippen LogP contribution in [0.5, 0.6) is 0 Å². The maximum absolute atomic E-state index is 12.3. The summed E-state index contributed by atoms with van der Waals surface area (Å²) in [5.74, 6) is -1.32. The summed E-state index contributed by atoms with van der Waals surface area (Å²) in [4.78, 5) is 37.5. The fourth-order valence-corrected chi connectivity index (χ4v) is 4.03. The molecule has 1 aliphatic rings. The number of hydrogen-bond acceptors (Lipinski definition) is 6. The fraction of sp³-hybridized carbons (Fsp3) is 0.188. The molecule has 8 nitrogen and oxygen atoms in total. The molecule has 0 spiro atoms. The van der Waals surface area contributed by atoms with Crippen molar-refractivity contribution < 1.29 is 22.7 Å². The third kappa shape index (κ3) is 3.31. The molecule has 0 atom stereocenters. The van der Waals surface area contributed by atoms with Gasteiger partial charge in [0.1, 0.15) is 11.5 Å². The van der Waals surface area contributed by atoms with E-state index in [1.165, 1.54) is 30.5 Å². The summed E-state index contributed by atoms with van der Waals surface area (Å²) < 4.78 is 30.3. The number of aromatic nitrogens is 1. The lowest BCUT2D eigenvalue weighted by Crippen LogP contribution is -2.32. The van der Waals surface area contributed by atoms with Crippen molar-refractivity contribution in [1.82, 2.24) is 9.29 Å². The highest BCUT2D eigenvalue weighted by Crippen LogP contribution is 2.29. The number of carbonyl (C=O) groups is 2. The predicted octanol–water partition coefficient (Wildman–Crippen LogP) is 0.653. The fourth-order valence-electron chi connectivity index (χ4n) is 2.46. The van der Waals surface area contributed by atoms with E-state index in [2.05, 4.69) is 4.98 Å². The molecule has 0 saturated carbocycles. The maximum Gasteiger partial charge on any atom is 0.307 e. The molecule has 0 saturated heterocycles. The van der Waals surface area contributed by atoms with Crippen LogP contribution in [0.3, 0.4) is 0 Å². The summed E-state index contributed by atoms with van der Waals surface area (Å²) in [6.07, 6.45) is 1.15. The number of pyridine rings is 1. The minimum Gasteiger partial charge on any atom is -0.461 e. The molecule has 1 aliphatic heterocycles. The quantitative estimate of drug-likeness (QED) is 0.782. The van der Waals surface area contributed by atoms with Crippen molar-refractivity contribution in [2.75, 3.05) is 6.54 Å². The Morgan fingerprint density at radius 1 is 1.16 bits per heavy atom. The Morgan fingerprint density at radius 2 is 1.92 bits per heavy atom. The zero-order valence-corrected chi connectivity index (χ0v) is 13.8. The standard InChI is InChI=1S/C16H14N2O6S/c19-14-9-11(5-7-17-14)10-24-15(20)6-8-18-16(21)12-3-1-2-4-13(12)25(18,22)23/h1-5,7,9H,6,8,10H2,(H,17,19). The van der Waals surface area contributed by atoms with Gasteiger partial charge >= 0.3 is 5.97 Å². The number of ether oxygens (including phenoxy) is 1. The Hall–Kier alpha value is -2.94. The van der Waals surface area contributed by atoms with E-state index in [1.807, 2.05) is 0 Å². The second-order valence-electron chi connectivity index (χ2n) is 5.35. The number of carbonyl (C=O) groups excluding carboxylic acids is 2. The van der Waals surface area contributed by atoms with E-state index >= 15 is 0 Å². The van der Waals surface area contributed by atoms with Crippen molar-refractivity contribution in [3.63, 3.8) is 0 Å². The van der Waals surface area contributed by atoms with Gasteiger partial charge in [-0.3, -0.25) is 14.4 Å². The van der Waals surface area contributed by atoms with Gasteiger partial charge in [0, 0.05) is 18.8 Å². The minimum absolute atomic E-state index is 0.0584. The van der Waals surface area contributed by atoms with Gasteiger partial charge in [0.05, 0.1) is 12.0 Å². The number of esters is 1. The first kappa shape index (κ1) is 16.9. The summed E-state index contributed by atoms with van der Waals surface area (Å²) in [5, 5.41) is 0. The van der Waals surface area contributed by atoms with E-state index in [0.29, 0.717) is 9.87 Å². The zero-order valence-electron chi connectivity index (χ0n) is 13.0. The van der Waals surface area contributed by atoms with Crippen molar-refractivity contribution in [2.24, 2.45) is 0 Å². The first-order chi connectivity index (χ1) is 11.9. The van der Waals surface area contributed by atoms with Crippen LogP contribution < -0.4 is 5.56 Å². The Morgan fingerprint density at radius 3 is 2.64 bits per heavy atom. The first-order valence-corrected chi connectivity index (χ1v) is 8.83. The van der Waals surface area contributed by atoms with E-state index in [0.717, 1.165) is 0 Å². The average molecular weight is 362 g/mol. The van der Waals surface area contributed by atoms with Gasteiger partial charge in [-0.2, -0.15) is 0 Å². The SMILES string of the molecule is O=C(CCN1C(=O)c2ccccc2S1(=O)=O)OCc1cc[nH]c(=O)c1. The van der Waals surface area contributed by atoms with Crippen LogP contribution >= 0.6 is 0 Å². The number of aromatic amines is 1. The van der Waals surface area contributed by atoms with Crippen LogP contribution in [-0.4, -0.2) is 36.1 Å². The molecule has 0 fully saturated rings. The van der Waals surface area contributed by atoms with Crippen LogP contribution in [0.2, 0.25) is 0 Å². The normalized spacial score (nSPS) is 15.0. The summed E-state index contributed by atoms with van der Waals surface area (Å²) in [6.45, 7) is -0.409. The van der Waals surface area contributed by atoms with Gasteiger partial charge in [0.25, 0.3) is 15.9 Å². The molecule has 0 unspecified atom stereocenters. The van der Waals surface area contributed by atoms with Crippen molar-refractivity contribution in [2.45, 2.75) is 17.9 Å². The first-order valence-electron chi connectivity index (χ1n) is 7.39. The van der Waals surface area contributed by atoms with Crippen LogP contribution in [0, 0.1) is 0 Å². The molecular formula is C16H14N2O6S. The molecule has 2 aromatic rings. The van der Waals surface area contributed by atoms with E-state index in [1.54, 1.807) is 12.1 Å². The lowest BCUT2D eigenvalue weighted by atomic mass is 10.2. The highest BCUT2D eigenvalue weighted by atomic mass is 32.2. The van der Waals surface area contributed by atoms with Crippen molar-refractivity contribution >= 4 is 21.9 Å². The van der Waals surface area contributed by atoms with Crippen LogP contribution in [0.25, 0.3) is 0 Å². The second-order valence-corrected chi connectivity index (χ2v) is 7.18. The zero-order chi connectivity index (χ0) is 18.0. The summed E-state index contributed by atoms with van der Waals surface area (Å²) in [5.41, 5.74) is 0.286. The number of H-pyrrole nitrogens is 1. The molecule has 1 N–H and O–H groups in total. The molecular weight excluding hydrogens is 348 g/mol. The third-order valence-electron chi connectivity index (χ3n) is 3.67. The number of amides is 1. The van der Waals surface area contributed by atoms with Gasteiger partial charge in [-0.15, -0.1) is 0 Å². The lowest BCUT2D eigenvalue weighted by Gasteiger charge is -2.14. The molecule has 3 rings (SSSR count). The largest absolute Gasteiger partial charge is 0.461 e. The third-order valence-corrected chi connectivity index (χ3v) is 5.51. The highest BCUT2D eigenvalue weighted by Gasteiger charge is 2.40. The molecule has 1 aromatic heterocycles. The molecule has 1 aromatic carbocycles. The van der Waals surface area contributed by atoms with Gasteiger partial charge in [0.2, 0.25) is 5.56 Å². The van der Waals surface area contributed by atoms with E-state index in [4.69, 9.17) is 4.74 Å². The summed E-state index contributed by atoms with van der Waals surface area (Å²) >= 11 is 0. The Balaban J connectivity index is 1.61. The Bertz CT molecular complexity index is 995. The Labute approximate surface area is 143 Å². The van der Waals surface area contributed by atoms with Crippen molar-refractivity contribution in [3.05, 3.63) is 64.1 Å². The summed E-state index contributed by atoms with van der Waals surface area (Å²) in [6, 6.07) is 8.76. The second kappa shape index (κ2) is 6.52. The van der Waals surface area contributed by atoms with Gasteiger partial charge < -0.3 is 9.72 Å². The monoisotopic (exact) mass is 362 g/mol. The molecule has 2 heterocycles. The number of nitrogens with one attached hydrogen (secondary N) is 1. The number of fused-ring (bicyclic) bond motifs is 1. The van der Waals surface area contributed by atoms with Gasteiger partial charge in [-0.05, 0) is 23.8 Å². The minimum atomic E-state index is -3.93. The number of sulfonamides is 1. The molecule has 0 aliphatic carbocycles. The lowest BCUT2D eigenvalue weighted by molar-refractivity contribution is -0.144. The van der Waals surface area contributed by atoms with E-state index in [9.17, 15) is 22.8 Å². The topological polar surface area (TPSA) is 114 Å². The molecule has 130 valence electrons. The molecule has 0 radical (unpaired) electrons. The van der Waals surface area contributed by atoms with Gasteiger partial charge in [0.15, 0.2) is 0 Å². The average Bonchev–Trinajstić information content (AvgIpc) is 2.78. The van der Waals surface area contributed by atoms with E-state index < -0.39 is 21.9 Å². The van der Waals surface area contributed by atoms with E-state index in [-0.39, 0.29) is 35.6 Å². The number of hydrogen-bond donors (Lipinski definition) is 1. The highest BCUT2D eigenvalue weighted by molar-refractivity contribution is 7.90. The molecule has 1 amide bonds. The summed E-state index contributed by atoms with van der Waals surface area (Å²) in [7, 11) is -3.93. The molecule has 25 heavy (non-hydrogen) atoms.